The van der Waals surface area contributed by atoms with E-state index < -0.39 is 0 Å². The zero-order chi connectivity index (χ0) is 21.3. The summed E-state index contributed by atoms with van der Waals surface area (Å²) in [5, 5.41) is 13.3. The molecule has 2 N–H and O–H groups in total. The van der Waals surface area contributed by atoms with Crippen LogP contribution in [0, 0.1) is 0 Å². The second-order valence-electron chi connectivity index (χ2n) is 8.70. The molecule has 0 fully saturated rings. The van der Waals surface area contributed by atoms with Gasteiger partial charge >= 0.3 is 0 Å². The standard InChI is InChI=1S/C28H43NO/c1-2-3-19-28(30)20-15-10-8-6-4-5-7-9-12-16-25-21-23-27(24-22-25)29-26-17-13-11-14-18-26/h11,13-14,17-18,21-24,28-30H,2-10,12,15-16,19-20H2,1H3. The highest BCUT2D eigenvalue weighted by atomic mass is 16.3. The van der Waals surface area contributed by atoms with Crippen molar-refractivity contribution in [1.29, 1.82) is 0 Å². The molecule has 0 saturated carbocycles. The molecule has 0 aliphatic carbocycles. The lowest BCUT2D eigenvalue weighted by Gasteiger charge is -2.09. The quantitative estimate of drug-likeness (QED) is 0.257. The minimum absolute atomic E-state index is 0.0544. The summed E-state index contributed by atoms with van der Waals surface area (Å²) in [6.45, 7) is 2.19. The average molecular weight is 410 g/mol. The molecule has 0 spiro atoms. The predicted octanol–water partition coefficient (Wildman–Crippen LogP) is 8.42. The molecule has 166 valence electrons. The first-order chi connectivity index (χ1) is 14.8. The maximum Gasteiger partial charge on any atom is 0.0540 e. The average Bonchev–Trinajstić information content (AvgIpc) is 2.78. The Kier molecular flexibility index (Phi) is 13.0. The van der Waals surface area contributed by atoms with Crippen LogP contribution in [0.3, 0.4) is 0 Å². The number of hydrogen-bond donors (Lipinski definition) is 2. The van der Waals surface area contributed by atoms with Crippen molar-refractivity contribution in [3.05, 3.63) is 60.2 Å². The molecule has 2 nitrogen and oxygen atoms in total. The number of rotatable bonds is 17. The lowest BCUT2D eigenvalue weighted by atomic mass is 10.0. The van der Waals surface area contributed by atoms with Crippen LogP contribution in [0.4, 0.5) is 11.4 Å². The molecule has 2 heteroatoms. The van der Waals surface area contributed by atoms with E-state index in [2.05, 4.69) is 60.8 Å². The van der Waals surface area contributed by atoms with Crippen molar-refractivity contribution in [2.24, 2.45) is 0 Å². The highest BCUT2D eigenvalue weighted by Crippen LogP contribution is 2.18. The van der Waals surface area contributed by atoms with Gasteiger partial charge in [-0.2, -0.15) is 0 Å². The van der Waals surface area contributed by atoms with E-state index >= 15 is 0 Å². The summed E-state index contributed by atoms with van der Waals surface area (Å²) in [6, 6.07) is 19.2. The first kappa shape index (κ1) is 24.5. The van der Waals surface area contributed by atoms with Gasteiger partial charge in [0.15, 0.2) is 0 Å². The van der Waals surface area contributed by atoms with Crippen molar-refractivity contribution < 1.29 is 5.11 Å². The summed E-state index contributed by atoms with van der Waals surface area (Å²) < 4.78 is 0. The van der Waals surface area contributed by atoms with Crippen molar-refractivity contribution in [3.63, 3.8) is 0 Å². The lowest BCUT2D eigenvalue weighted by Crippen LogP contribution is -2.05. The maximum absolute atomic E-state index is 9.86. The summed E-state index contributed by atoms with van der Waals surface area (Å²) >= 11 is 0. The fourth-order valence-corrected chi connectivity index (χ4v) is 3.97. The van der Waals surface area contributed by atoms with Gasteiger partial charge in [0.2, 0.25) is 0 Å². The number of nitrogens with one attached hydrogen (secondary N) is 1. The van der Waals surface area contributed by atoms with Gasteiger partial charge in [-0.1, -0.05) is 101 Å². The largest absolute Gasteiger partial charge is 0.393 e. The third kappa shape index (κ3) is 11.4. The van der Waals surface area contributed by atoms with Crippen LogP contribution in [-0.2, 0) is 6.42 Å². The summed E-state index contributed by atoms with van der Waals surface area (Å²) in [6.07, 6.45) is 17.4. The Morgan fingerprint density at radius 3 is 1.80 bits per heavy atom. The van der Waals surface area contributed by atoms with Gasteiger partial charge in [0.1, 0.15) is 0 Å². The molecule has 2 aromatic carbocycles. The molecule has 0 aliphatic rings. The minimum Gasteiger partial charge on any atom is -0.393 e. The Morgan fingerprint density at radius 1 is 0.633 bits per heavy atom. The van der Waals surface area contributed by atoms with E-state index in [-0.39, 0.29) is 6.10 Å². The molecule has 0 heterocycles. The number of benzene rings is 2. The van der Waals surface area contributed by atoms with E-state index in [1.54, 1.807) is 0 Å². The molecule has 2 rings (SSSR count). The van der Waals surface area contributed by atoms with E-state index in [9.17, 15) is 5.11 Å². The molecule has 0 radical (unpaired) electrons. The number of aryl methyl sites for hydroxylation is 1. The molecule has 0 saturated heterocycles. The zero-order valence-electron chi connectivity index (χ0n) is 19.1. The van der Waals surface area contributed by atoms with Crippen LogP contribution in [0.15, 0.2) is 54.6 Å². The summed E-state index contributed by atoms with van der Waals surface area (Å²) in [7, 11) is 0. The number of unbranched alkanes of at least 4 members (excludes halogenated alkanes) is 9. The van der Waals surface area contributed by atoms with Gasteiger partial charge in [0.25, 0.3) is 0 Å². The van der Waals surface area contributed by atoms with Gasteiger partial charge in [-0.25, -0.2) is 0 Å². The monoisotopic (exact) mass is 409 g/mol. The maximum atomic E-state index is 9.86. The normalized spacial score (nSPS) is 12.1. The summed E-state index contributed by atoms with van der Waals surface area (Å²) in [5.41, 5.74) is 3.73. The molecule has 0 amide bonds. The topological polar surface area (TPSA) is 32.3 Å². The minimum atomic E-state index is -0.0544. The van der Waals surface area contributed by atoms with Gasteiger partial charge in [-0.05, 0) is 55.5 Å². The second kappa shape index (κ2) is 16.0. The van der Waals surface area contributed by atoms with Gasteiger partial charge in [0, 0.05) is 11.4 Å². The number of para-hydroxylation sites is 1. The van der Waals surface area contributed by atoms with E-state index in [1.165, 1.54) is 76.2 Å². The SMILES string of the molecule is CCCCC(O)CCCCCCCCCCCc1ccc(Nc2ccccc2)cc1. The molecule has 30 heavy (non-hydrogen) atoms. The van der Waals surface area contributed by atoms with Crippen molar-refractivity contribution >= 4 is 11.4 Å². The van der Waals surface area contributed by atoms with E-state index in [4.69, 9.17) is 0 Å². The number of aliphatic hydroxyl groups is 1. The van der Waals surface area contributed by atoms with Crippen molar-refractivity contribution in [1.82, 2.24) is 0 Å². The Morgan fingerprint density at radius 2 is 1.17 bits per heavy atom. The van der Waals surface area contributed by atoms with Crippen molar-refractivity contribution in [2.75, 3.05) is 5.32 Å². The lowest BCUT2D eigenvalue weighted by molar-refractivity contribution is 0.148. The van der Waals surface area contributed by atoms with Crippen LogP contribution in [0.2, 0.25) is 0 Å². The fourth-order valence-electron chi connectivity index (χ4n) is 3.97. The molecular weight excluding hydrogens is 366 g/mol. The van der Waals surface area contributed by atoms with Crippen LogP contribution in [-0.4, -0.2) is 11.2 Å². The molecule has 1 unspecified atom stereocenters. The number of anilines is 2. The van der Waals surface area contributed by atoms with Crippen LogP contribution in [0.25, 0.3) is 0 Å². The molecular formula is C28H43NO. The predicted molar refractivity (Wildman–Crippen MR) is 132 cm³/mol. The highest BCUT2D eigenvalue weighted by molar-refractivity contribution is 5.59. The smallest absolute Gasteiger partial charge is 0.0540 e. The van der Waals surface area contributed by atoms with Gasteiger partial charge < -0.3 is 10.4 Å². The van der Waals surface area contributed by atoms with E-state index in [1.807, 2.05) is 6.07 Å². The van der Waals surface area contributed by atoms with Crippen LogP contribution >= 0.6 is 0 Å². The Labute approximate surface area is 185 Å². The van der Waals surface area contributed by atoms with Crippen molar-refractivity contribution in [2.45, 2.75) is 103 Å². The third-order valence-corrected chi connectivity index (χ3v) is 5.91. The Bertz CT molecular complexity index is 637. The molecule has 0 bridgehead atoms. The van der Waals surface area contributed by atoms with Crippen molar-refractivity contribution in [3.8, 4) is 0 Å². The zero-order valence-corrected chi connectivity index (χ0v) is 19.1. The molecule has 0 aromatic heterocycles. The fraction of sp³-hybridized carbons (Fsp3) is 0.571. The van der Waals surface area contributed by atoms with E-state index in [0.717, 1.165) is 30.6 Å². The third-order valence-electron chi connectivity index (χ3n) is 5.91. The first-order valence-corrected chi connectivity index (χ1v) is 12.4. The number of hydrogen-bond acceptors (Lipinski definition) is 2. The van der Waals surface area contributed by atoms with Gasteiger partial charge in [-0.15, -0.1) is 0 Å². The van der Waals surface area contributed by atoms with Crippen LogP contribution in [0.5, 0.6) is 0 Å². The van der Waals surface area contributed by atoms with Crippen LogP contribution < -0.4 is 5.32 Å². The summed E-state index contributed by atoms with van der Waals surface area (Å²) in [5.74, 6) is 0. The van der Waals surface area contributed by atoms with E-state index in [0.29, 0.717) is 0 Å². The first-order valence-electron chi connectivity index (χ1n) is 12.4. The Hall–Kier alpha value is -1.80. The number of aliphatic hydroxyl groups excluding tert-OH is 1. The second-order valence-corrected chi connectivity index (χ2v) is 8.70. The highest BCUT2D eigenvalue weighted by Gasteiger charge is 2.02. The van der Waals surface area contributed by atoms with Gasteiger partial charge in [-0.3, -0.25) is 0 Å². The van der Waals surface area contributed by atoms with Gasteiger partial charge in [0.05, 0.1) is 6.10 Å². The summed E-state index contributed by atoms with van der Waals surface area (Å²) in [4.78, 5) is 0. The molecule has 1 atom stereocenters. The molecule has 2 aromatic rings. The molecule has 0 aliphatic heterocycles. The Balaban J connectivity index is 1.42. The van der Waals surface area contributed by atoms with Crippen LogP contribution in [0.1, 0.15) is 96.0 Å².